The van der Waals surface area contributed by atoms with Crippen LogP contribution in [-0.4, -0.2) is 37.2 Å². The molecule has 0 aliphatic heterocycles. The molecule has 0 saturated heterocycles. The van der Waals surface area contributed by atoms with E-state index in [-0.39, 0.29) is 37.5 Å². The molecule has 466 valence electrons. The molecule has 0 aliphatic carbocycles. The van der Waals surface area contributed by atoms with E-state index >= 15 is 0 Å². The molecule has 0 rings (SSSR count). The van der Waals surface area contributed by atoms with Crippen LogP contribution in [0.2, 0.25) is 0 Å². The highest BCUT2D eigenvalue weighted by atomic mass is 16.6. The van der Waals surface area contributed by atoms with Gasteiger partial charge in [0.15, 0.2) is 6.10 Å². The van der Waals surface area contributed by atoms with Crippen LogP contribution in [0.1, 0.15) is 342 Å². The summed E-state index contributed by atoms with van der Waals surface area (Å²) in [6.07, 6.45) is 92.9. The Morgan fingerprint density at radius 3 is 0.815 bits per heavy atom. The fraction of sp³-hybridized carbons (Fsp3) is 0.747. The van der Waals surface area contributed by atoms with Crippen molar-refractivity contribution in [1.29, 1.82) is 0 Å². The maximum Gasteiger partial charge on any atom is 0.306 e. The van der Waals surface area contributed by atoms with Crippen LogP contribution < -0.4 is 0 Å². The molecular formula is C75H130O6. The Balaban J connectivity index is 4.44. The van der Waals surface area contributed by atoms with E-state index in [1.165, 1.54) is 205 Å². The van der Waals surface area contributed by atoms with E-state index in [4.69, 9.17) is 14.2 Å². The average Bonchev–Trinajstić information content (AvgIpc) is 3.47. The molecule has 0 aromatic carbocycles. The van der Waals surface area contributed by atoms with Crippen LogP contribution in [0.15, 0.2) is 97.2 Å². The molecule has 0 radical (unpaired) electrons. The molecule has 0 aromatic heterocycles. The highest BCUT2D eigenvalue weighted by molar-refractivity contribution is 5.71. The third-order valence-electron chi connectivity index (χ3n) is 15.1. The van der Waals surface area contributed by atoms with Crippen LogP contribution in [0.4, 0.5) is 0 Å². The highest BCUT2D eigenvalue weighted by Gasteiger charge is 2.19. The Morgan fingerprint density at radius 2 is 0.494 bits per heavy atom. The summed E-state index contributed by atoms with van der Waals surface area (Å²) in [4.78, 5) is 38.4. The van der Waals surface area contributed by atoms with Crippen molar-refractivity contribution < 1.29 is 28.6 Å². The Hall–Kier alpha value is -3.67. The topological polar surface area (TPSA) is 78.9 Å². The molecule has 0 heterocycles. The number of ether oxygens (including phenoxy) is 3. The van der Waals surface area contributed by atoms with E-state index in [0.29, 0.717) is 19.3 Å². The summed E-state index contributed by atoms with van der Waals surface area (Å²) in [7, 11) is 0. The van der Waals surface area contributed by atoms with E-state index in [1.807, 2.05) is 0 Å². The van der Waals surface area contributed by atoms with Gasteiger partial charge in [-0.25, -0.2) is 0 Å². The second-order valence-electron chi connectivity index (χ2n) is 23.1. The van der Waals surface area contributed by atoms with Crippen molar-refractivity contribution in [2.75, 3.05) is 13.2 Å². The van der Waals surface area contributed by atoms with Crippen molar-refractivity contribution in [2.24, 2.45) is 0 Å². The lowest BCUT2D eigenvalue weighted by Gasteiger charge is -2.18. The van der Waals surface area contributed by atoms with Crippen LogP contribution in [0.5, 0.6) is 0 Å². The monoisotopic (exact) mass is 1130 g/mol. The van der Waals surface area contributed by atoms with E-state index in [1.54, 1.807) is 0 Å². The highest BCUT2D eigenvalue weighted by Crippen LogP contribution is 2.17. The van der Waals surface area contributed by atoms with Crippen molar-refractivity contribution in [1.82, 2.24) is 0 Å². The second-order valence-corrected chi connectivity index (χ2v) is 23.1. The van der Waals surface area contributed by atoms with E-state index in [2.05, 4.69) is 118 Å². The molecular weight excluding hydrogens is 997 g/mol. The van der Waals surface area contributed by atoms with Crippen molar-refractivity contribution in [2.45, 2.75) is 348 Å². The number of unbranched alkanes of at least 4 members (excludes halogenated alkanes) is 36. The van der Waals surface area contributed by atoms with Gasteiger partial charge in [0.25, 0.3) is 0 Å². The Labute approximate surface area is 502 Å². The summed E-state index contributed by atoms with van der Waals surface area (Å²) in [5, 5.41) is 0. The lowest BCUT2D eigenvalue weighted by atomic mass is 10.0. The summed E-state index contributed by atoms with van der Waals surface area (Å²) >= 11 is 0. The molecule has 0 saturated carbocycles. The van der Waals surface area contributed by atoms with Crippen LogP contribution in [0, 0.1) is 0 Å². The zero-order valence-electron chi connectivity index (χ0n) is 53.5. The van der Waals surface area contributed by atoms with Crippen molar-refractivity contribution >= 4 is 17.9 Å². The first kappa shape index (κ1) is 77.3. The minimum Gasteiger partial charge on any atom is -0.462 e. The minimum absolute atomic E-state index is 0.0952. The summed E-state index contributed by atoms with van der Waals surface area (Å²) < 4.78 is 16.9. The zero-order chi connectivity index (χ0) is 58.5. The fourth-order valence-corrected chi connectivity index (χ4v) is 9.90. The third kappa shape index (κ3) is 67.0. The van der Waals surface area contributed by atoms with Gasteiger partial charge in [0, 0.05) is 19.3 Å². The van der Waals surface area contributed by atoms with Gasteiger partial charge in [-0.15, -0.1) is 0 Å². The number of hydrogen-bond acceptors (Lipinski definition) is 6. The van der Waals surface area contributed by atoms with Crippen LogP contribution in [-0.2, 0) is 28.6 Å². The standard InChI is InChI=1S/C75H130O6/c1-4-7-10-13-16-19-22-25-28-31-33-35-37-39-41-44-47-50-53-56-59-62-65-68-74(77)80-71-72(70-79-73(76)67-64-61-58-55-52-49-46-43-30-27-24-21-18-15-12-9-6-3)81-75(78)69-66-63-60-57-54-51-48-45-42-40-38-36-34-32-29-26-23-20-17-14-11-8-5-2/h7,10,16,19,25,27-28,30,33,35,39,41,47,50,56,59,72H,4-6,8-9,11-15,17-18,20-24,26,29,31-32,34,36-38,40,42-46,48-49,51-55,57-58,60-71H2,1-3H3/b10-7-,19-16-,28-25-,30-27-,35-33-,41-39-,50-47-,59-56-. The van der Waals surface area contributed by atoms with Crippen LogP contribution in [0.3, 0.4) is 0 Å². The second kappa shape index (κ2) is 68.8. The lowest BCUT2D eigenvalue weighted by Crippen LogP contribution is -2.30. The molecule has 0 aromatic rings. The first-order valence-corrected chi connectivity index (χ1v) is 34.7. The predicted octanol–water partition coefficient (Wildman–Crippen LogP) is 24.0. The quantitative estimate of drug-likeness (QED) is 0.0261. The normalized spacial score (nSPS) is 12.7. The van der Waals surface area contributed by atoms with Crippen molar-refractivity contribution in [3.8, 4) is 0 Å². The molecule has 0 N–H and O–H groups in total. The fourth-order valence-electron chi connectivity index (χ4n) is 9.90. The van der Waals surface area contributed by atoms with Gasteiger partial charge < -0.3 is 14.2 Å². The van der Waals surface area contributed by atoms with E-state index in [0.717, 1.165) is 89.9 Å². The third-order valence-corrected chi connectivity index (χ3v) is 15.1. The van der Waals surface area contributed by atoms with Crippen LogP contribution in [0.25, 0.3) is 0 Å². The number of carbonyl (C=O) groups excluding carboxylic acids is 3. The lowest BCUT2D eigenvalue weighted by molar-refractivity contribution is -0.167. The summed E-state index contributed by atoms with van der Waals surface area (Å²) in [5.74, 6) is -0.944. The van der Waals surface area contributed by atoms with Gasteiger partial charge >= 0.3 is 17.9 Å². The minimum atomic E-state index is -0.804. The molecule has 1 unspecified atom stereocenters. The van der Waals surface area contributed by atoms with Gasteiger partial charge in [0.1, 0.15) is 13.2 Å². The van der Waals surface area contributed by atoms with Gasteiger partial charge in [-0.1, -0.05) is 323 Å². The number of esters is 3. The molecule has 81 heavy (non-hydrogen) atoms. The number of rotatable bonds is 63. The van der Waals surface area contributed by atoms with Crippen molar-refractivity contribution in [3.05, 3.63) is 97.2 Å². The molecule has 0 fully saturated rings. The molecule has 0 aliphatic rings. The molecule has 0 amide bonds. The van der Waals surface area contributed by atoms with Gasteiger partial charge in [-0.05, 0) is 96.3 Å². The number of hydrogen-bond donors (Lipinski definition) is 0. The molecule has 6 heteroatoms. The Kier molecular flexibility index (Phi) is 65.7. The maximum atomic E-state index is 13.0. The summed E-state index contributed by atoms with van der Waals surface area (Å²) in [6.45, 7) is 6.52. The maximum absolute atomic E-state index is 13.0. The molecule has 0 bridgehead atoms. The van der Waals surface area contributed by atoms with E-state index in [9.17, 15) is 14.4 Å². The first-order valence-electron chi connectivity index (χ1n) is 34.7. The summed E-state index contributed by atoms with van der Waals surface area (Å²) in [5.41, 5.74) is 0. The number of allylic oxidation sites excluding steroid dienone is 16. The Morgan fingerprint density at radius 1 is 0.259 bits per heavy atom. The SMILES string of the molecule is CC/C=C\C/C=C\C/C=C\C/C=C\C/C=C\C/C=C\C/C=C\CCCC(=O)OCC(COC(=O)CCCCCCCCC/C=C\CCCCCCCC)OC(=O)CCCCCCCCCCCCCCCCCCCCCCCCC. The smallest absolute Gasteiger partial charge is 0.306 e. The molecule has 0 spiro atoms. The molecule has 6 nitrogen and oxygen atoms in total. The Bertz CT molecular complexity index is 1580. The number of carbonyl (C=O) groups is 3. The van der Waals surface area contributed by atoms with Gasteiger partial charge in [0.2, 0.25) is 0 Å². The van der Waals surface area contributed by atoms with Gasteiger partial charge in [-0.2, -0.15) is 0 Å². The zero-order valence-corrected chi connectivity index (χ0v) is 53.5. The first-order chi connectivity index (χ1) is 40.0. The van der Waals surface area contributed by atoms with Crippen LogP contribution >= 0.6 is 0 Å². The largest absolute Gasteiger partial charge is 0.462 e. The molecule has 1 atom stereocenters. The predicted molar refractivity (Wildman–Crippen MR) is 353 cm³/mol. The van der Waals surface area contributed by atoms with E-state index < -0.39 is 6.10 Å². The average molecular weight is 1130 g/mol. The van der Waals surface area contributed by atoms with Gasteiger partial charge in [0.05, 0.1) is 0 Å². The summed E-state index contributed by atoms with van der Waals surface area (Å²) in [6, 6.07) is 0. The van der Waals surface area contributed by atoms with Gasteiger partial charge in [-0.3, -0.25) is 14.4 Å². The van der Waals surface area contributed by atoms with Crippen molar-refractivity contribution in [3.63, 3.8) is 0 Å².